The van der Waals surface area contributed by atoms with E-state index in [-0.39, 0.29) is 12.1 Å². The van der Waals surface area contributed by atoms with E-state index in [1.54, 1.807) is 45.4 Å². The Bertz CT molecular complexity index is 934. The number of amides is 2. The number of carbonyl (C=O) groups excluding carboxylic acids is 2. The second-order valence-electron chi connectivity index (χ2n) is 8.44. The normalized spacial score (nSPS) is 19.0. The fourth-order valence-electron chi connectivity index (χ4n) is 3.28. The number of ether oxygens (including phenoxy) is 1. The third-order valence-corrected chi connectivity index (χ3v) is 4.74. The topological polar surface area (TPSA) is 123 Å². The minimum Gasteiger partial charge on any atom is -0.444 e. The third kappa shape index (κ3) is 6.09. The molecule has 3 heterocycles. The number of hydrogen-bond acceptors (Lipinski definition) is 7. The summed E-state index contributed by atoms with van der Waals surface area (Å²) in [5.74, 6) is -0.664. The van der Waals surface area contributed by atoms with E-state index in [4.69, 9.17) is 10.5 Å². The van der Waals surface area contributed by atoms with Crippen LogP contribution in [0.1, 0.15) is 48.9 Å². The Morgan fingerprint density at radius 1 is 1.26 bits per heavy atom. The number of nitrogens with one attached hydrogen (secondary N) is 1. The number of nitrogens with two attached hydrogens (primary N) is 1. The molecule has 2 atom stereocenters. The lowest BCUT2D eigenvalue weighted by Gasteiger charge is -2.36. The van der Waals surface area contributed by atoms with Gasteiger partial charge in [-0.05, 0) is 33.3 Å². The van der Waals surface area contributed by atoms with Crippen LogP contribution in [0.4, 0.5) is 14.9 Å². The summed E-state index contributed by atoms with van der Waals surface area (Å²) in [7, 11) is 0. The van der Waals surface area contributed by atoms with Crippen LogP contribution < -0.4 is 11.1 Å². The summed E-state index contributed by atoms with van der Waals surface area (Å²) in [5.41, 5.74) is 6.74. The summed E-state index contributed by atoms with van der Waals surface area (Å²) in [5, 5.41) is 3.08. The number of nitrogens with zero attached hydrogens (tertiary/aromatic N) is 4. The number of carbonyl (C=O) groups is 2. The monoisotopic (exact) mass is 430 g/mol. The van der Waals surface area contributed by atoms with Crippen LogP contribution in [-0.2, 0) is 11.2 Å². The van der Waals surface area contributed by atoms with E-state index in [9.17, 15) is 14.0 Å². The zero-order valence-electron chi connectivity index (χ0n) is 17.8. The smallest absolute Gasteiger partial charge is 0.410 e. The molecule has 0 unspecified atom stereocenters. The summed E-state index contributed by atoms with van der Waals surface area (Å²) in [4.78, 5) is 37.9. The highest BCUT2D eigenvalue weighted by atomic mass is 19.1. The summed E-state index contributed by atoms with van der Waals surface area (Å²) >= 11 is 0. The number of hydrogen-bond donors (Lipinski definition) is 2. The van der Waals surface area contributed by atoms with E-state index in [0.29, 0.717) is 36.5 Å². The van der Waals surface area contributed by atoms with Crippen LogP contribution in [0.3, 0.4) is 0 Å². The number of pyridine rings is 1. The number of rotatable bonds is 5. The molecule has 3 N–H and O–H groups in total. The van der Waals surface area contributed by atoms with Gasteiger partial charge in [0.1, 0.15) is 11.8 Å². The maximum absolute atomic E-state index is 14.9. The molecule has 31 heavy (non-hydrogen) atoms. The van der Waals surface area contributed by atoms with Gasteiger partial charge in [-0.1, -0.05) is 0 Å². The largest absolute Gasteiger partial charge is 0.444 e. The van der Waals surface area contributed by atoms with Crippen molar-refractivity contribution in [2.75, 3.05) is 18.4 Å². The molecule has 0 bridgehead atoms. The summed E-state index contributed by atoms with van der Waals surface area (Å²) in [6.07, 6.45) is 5.02. The number of likely N-dealkylation sites (tertiary alicyclic amines) is 1. The summed E-state index contributed by atoms with van der Waals surface area (Å²) in [6.45, 7) is 5.52. The molecular formula is C21H27FN6O3. The Morgan fingerprint density at radius 2 is 2.03 bits per heavy atom. The average Bonchev–Trinajstić information content (AvgIpc) is 2.69. The molecule has 0 aliphatic carbocycles. The number of aromatic nitrogens is 3. The minimum atomic E-state index is -1.35. The lowest BCUT2D eigenvalue weighted by atomic mass is 10.0. The van der Waals surface area contributed by atoms with E-state index >= 15 is 0 Å². The Labute approximate surface area is 180 Å². The first-order chi connectivity index (χ1) is 14.6. The van der Waals surface area contributed by atoms with Crippen LogP contribution in [-0.4, -0.2) is 62.8 Å². The van der Waals surface area contributed by atoms with Crippen LogP contribution in [0.2, 0.25) is 0 Å². The van der Waals surface area contributed by atoms with Gasteiger partial charge in [-0.3, -0.25) is 19.7 Å². The quantitative estimate of drug-likeness (QED) is 0.746. The molecule has 1 fully saturated rings. The molecule has 1 aliphatic rings. The molecule has 0 spiro atoms. The Balaban J connectivity index is 1.71. The highest BCUT2D eigenvalue weighted by molar-refractivity contribution is 5.98. The first kappa shape index (κ1) is 22.4. The first-order valence-electron chi connectivity index (χ1n) is 10.0. The van der Waals surface area contributed by atoms with Gasteiger partial charge in [-0.25, -0.2) is 9.18 Å². The van der Waals surface area contributed by atoms with E-state index in [1.807, 2.05) is 0 Å². The minimum absolute atomic E-state index is 0.101. The number of primary amides is 1. The van der Waals surface area contributed by atoms with Crippen molar-refractivity contribution in [1.82, 2.24) is 19.9 Å². The van der Waals surface area contributed by atoms with Crippen LogP contribution >= 0.6 is 0 Å². The zero-order valence-corrected chi connectivity index (χ0v) is 17.8. The lowest BCUT2D eigenvalue weighted by molar-refractivity contribution is 0.0125. The highest BCUT2D eigenvalue weighted by Crippen LogP contribution is 2.24. The molecule has 2 aromatic heterocycles. The van der Waals surface area contributed by atoms with Crippen LogP contribution in [0.25, 0.3) is 0 Å². The van der Waals surface area contributed by atoms with E-state index in [2.05, 4.69) is 20.3 Å². The molecule has 9 nitrogen and oxygen atoms in total. The maximum atomic E-state index is 14.9. The average molecular weight is 430 g/mol. The molecule has 2 amide bonds. The van der Waals surface area contributed by atoms with Crippen LogP contribution in [0.5, 0.6) is 0 Å². The van der Waals surface area contributed by atoms with Crippen molar-refractivity contribution in [2.24, 2.45) is 5.73 Å². The van der Waals surface area contributed by atoms with Crippen molar-refractivity contribution in [3.8, 4) is 0 Å². The predicted molar refractivity (Wildman–Crippen MR) is 112 cm³/mol. The second kappa shape index (κ2) is 9.23. The van der Waals surface area contributed by atoms with Gasteiger partial charge < -0.3 is 20.7 Å². The number of anilines is 1. The van der Waals surface area contributed by atoms with Crippen molar-refractivity contribution in [3.63, 3.8) is 0 Å². The Hall–Kier alpha value is -3.30. The van der Waals surface area contributed by atoms with Gasteiger partial charge in [-0.15, -0.1) is 0 Å². The van der Waals surface area contributed by atoms with Crippen molar-refractivity contribution in [1.29, 1.82) is 0 Å². The lowest BCUT2D eigenvalue weighted by Crippen LogP contribution is -2.51. The number of piperidine rings is 1. The fraction of sp³-hybridized carbons (Fsp3) is 0.476. The van der Waals surface area contributed by atoms with Gasteiger partial charge in [0.15, 0.2) is 0 Å². The zero-order chi connectivity index (χ0) is 22.6. The van der Waals surface area contributed by atoms with Gasteiger partial charge in [0.2, 0.25) is 0 Å². The number of halogens is 1. The van der Waals surface area contributed by atoms with Crippen LogP contribution in [0.15, 0.2) is 30.9 Å². The standard InChI is InChI=1S/C21H27FN6O3/c1-21(2,3)31-20(30)28-7-4-17(16(22)12-28)27-18-9-13(26-11-15(18)19(23)29)8-14-10-24-5-6-25-14/h5-6,9-11,16-17H,4,7-8,12H2,1-3H3,(H2,23,29)(H,26,27)/t16-,17+/m0/s1. The van der Waals surface area contributed by atoms with Crippen LogP contribution in [0, 0.1) is 0 Å². The molecule has 2 aromatic rings. The molecule has 0 saturated carbocycles. The molecule has 0 aromatic carbocycles. The van der Waals surface area contributed by atoms with E-state index < -0.39 is 29.8 Å². The molecule has 10 heteroatoms. The molecule has 1 aliphatic heterocycles. The second-order valence-corrected chi connectivity index (χ2v) is 8.44. The molecular weight excluding hydrogens is 403 g/mol. The van der Waals surface area contributed by atoms with Crippen molar-refractivity contribution >= 4 is 17.7 Å². The summed E-state index contributed by atoms with van der Waals surface area (Å²) in [6, 6.07) is 1.07. The van der Waals surface area contributed by atoms with Gasteiger partial charge >= 0.3 is 6.09 Å². The third-order valence-electron chi connectivity index (χ3n) is 4.74. The molecule has 1 saturated heterocycles. The molecule has 3 rings (SSSR count). The SMILES string of the molecule is CC(C)(C)OC(=O)N1CC[C@@H](Nc2cc(Cc3cnccn3)ncc2C(N)=O)[C@@H](F)C1. The van der Waals surface area contributed by atoms with Gasteiger partial charge in [0.05, 0.1) is 29.5 Å². The summed E-state index contributed by atoms with van der Waals surface area (Å²) < 4.78 is 20.2. The molecule has 166 valence electrons. The highest BCUT2D eigenvalue weighted by Gasteiger charge is 2.34. The van der Waals surface area contributed by atoms with Gasteiger partial charge in [-0.2, -0.15) is 0 Å². The molecule has 0 radical (unpaired) electrons. The fourth-order valence-corrected chi connectivity index (χ4v) is 3.28. The number of alkyl halides is 1. The van der Waals surface area contributed by atoms with Crippen molar-refractivity contribution < 1.29 is 18.7 Å². The van der Waals surface area contributed by atoms with Crippen molar-refractivity contribution in [3.05, 3.63) is 47.8 Å². The van der Waals surface area contributed by atoms with Crippen molar-refractivity contribution in [2.45, 2.75) is 51.4 Å². The van der Waals surface area contributed by atoms with Gasteiger partial charge in [0, 0.05) is 43.4 Å². The predicted octanol–water partition coefficient (Wildman–Crippen LogP) is 2.32. The Morgan fingerprint density at radius 3 is 2.65 bits per heavy atom. The Kier molecular flexibility index (Phi) is 6.67. The van der Waals surface area contributed by atoms with E-state index in [0.717, 1.165) is 0 Å². The first-order valence-corrected chi connectivity index (χ1v) is 10.0. The van der Waals surface area contributed by atoms with Gasteiger partial charge in [0.25, 0.3) is 5.91 Å². The maximum Gasteiger partial charge on any atom is 0.410 e. The van der Waals surface area contributed by atoms with E-state index in [1.165, 1.54) is 11.1 Å².